The van der Waals surface area contributed by atoms with Crippen LogP contribution in [0.15, 0.2) is 72.8 Å². The Morgan fingerprint density at radius 3 is 2.28 bits per heavy atom. The summed E-state index contributed by atoms with van der Waals surface area (Å²) in [4.78, 5) is 27.0. The Labute approximate surface area is 234 Å². The lowest BCUT2D eigenvalue weighted by atomic mass is 9.89. The number of aromatic nitrogens is 2. The lowest BCUT2D eigenvalue weighted by Crippen LogP contribution is -2.38. The molecule has 0 saturated carbocycles. The number of para-hydroxylation sites is 1. The highest BCUT2D eigenvalue weighted by Crippen LogP contribution is 2.39. The number of carboxylic acids is 1. The Bertz CT molecular complexity index is 1500. The number of benzene rings is 3. The lowest BCUT2D eigenvalue weighted by molar-refractivity contribution is -0.139. The Kier molecular flexibility index (Phi) is 7.86. The Balaban J connectivity index is 1.54. The second-order valence-corrected chi connectivity index (χ2v) is 10.0. The molecule has 1 aliphatic rings. The molecule has 1 amide bonds. The van der Waals surface area contributed by atoms with Crippen LogP contribution < -0.4 is 4.74 Å². The maximum absolute atomic E-state index is 13.8. The molecule has 39 heavy (non-hydrogen) atoms. The fourth-order valence-corrected chi connectivity index (χ4v) is 5.12. The number of amides is 1. The molecule has 0 atom stereocenters. The molecule has 3 aromatic carbocycles. The Morgan fingerprint density at radius 1 is 0.974 bits per heavy atom. The molecule has 0 radical (unpaired) electrons. The Hall–Kier alpha value is -3.88. The fourth-order valence-electron chi connectivity index (χ4n) is 4.77. The van der Waals surface area contributed by atoms with Gasteiger partial charge in [-0.15, -0.1) is 0 Å². The van der Waals surface area contributed by atoms with Crippen LogP contribution in [0.25, 0.3) is 16.9 Å². The number of carbonyl (C=O) groups excluding carboxylic acids is 1. The molecule has 1 fully saturated rings. The van der Waals surface area contributed by atoms with E-state index >= 15 is 0 Å². The van der Waals surface area contributed by atoms with Gasteiger partial charge in [0.1, 0.15) is 11.5 Å². The van der Waals surface area contributed by atoms with Crippen LogP contribution in [0.3, 0.4) is 0 Å². The molecule has 5 rings (SSSR count). The summed E-state index contributed by atoms with van der Waals surface area (Å²) in [6.45, 7) is 0.241. The van der Waals surface area contributed by atoms with E-state index in [0.717, 1.165) is 5.56 Å². The van der Waals surface area contributed by atoms with Crippen molar-refractivity contribution < 1.29 is 23.8 Å². The maximum Gasteiger partial charge on any atom is 0.341 e. The van der Waals surface area contributed by atoms with Gasteiger partial charge in [0.15, 0.2) is 18.1 Å². The summed E-state index contributed by atoms with van der Waals surface area (Å²) in [6, 6.07) is 20.3. The van der Waals surface area contributed by atoms with Crippen molar-refractivity contribution in [2.45, 2.75) is 18.8 Å². The van der Waals surface area contributed by atoms with E-state index in [9.17, 15) is 19.1 Å². The van der Waals surface area contributed by atoms with Crippen molar-refractivity contribution in [3.63, 3.8) is 0 Å². The molecule has 1 aromatic heterocycles. The predicted octanol–water partition coefficient (Wildman–Crippen LogP) is 6.47. The highest BCUT2D eigenvalue weighted by Gasteiger charge is 2.32. The summed E-state index contributed by atoms with van der Waals surface area (Å²) in [6.07, 6.45) is 1.38. The zero-order chi connectivity index (χ0) is 27.5. The number of piperidine rings is 1. The van der Waals surface area contributed by atoms with Gasteiger partial charge < -0.3 is 14.7 Å². The zero-order valence-electron chi connectivity index (χ0n) is 20.7. The lowest BCUT2D eigenvalue weighted by Gasteiger charge is -2.32. The van der Waals surface area contributed by atoms with Crippen LogP contribution in [-0.2, 0) is 4.79 Å². The number of nitrogens with zero attached hydrogens (tertiary/aromatic N) is 3. The summed E-state index contributed by atoms with van der Waals surface area (Å²) >= 11 is 12.6. The van der Waals surface area contributed by atoms with E-state index in [1.165, 1.54) is 16.8 Å². The Morgan fingerprint density at radius 2 is 1.64 bits per heavy atom. The molecule has 1 saturated heterocycles. The predicted molar refractivity (Wildman–Crippen MR) is 146 cm³/mol. The largest absolute Gasteiger partial charge is 0.479 e. The normalized spacial score (nSPS) is 13.9. The molecule has 0 bridgehead atoms. The van der Waals surface area contributed by atoms with Crippen molar-refractivity contribution in [3.05, 3.63) is 99.9 Å². The van der Waals surface area contributed by atoms with Crippen molar-refractivity contribution >= 4 is 35.1 Å². The van der Waals surface area contributed by atoms with Crippen LogP contribution in [0.5, 0.6) is 5.75 Å². The third-order valence-electron chi connectivity index (χ3n) is 6.71. The number of hydrogen-bond donors (Lipinski definition) is 1. The van der Waals surface area contributed by atoms with E-state index in [4.69, 9.17) is 27.9 Å². The highest BCUT2D eigenvalue weighted by atomic mass is 35.5. The average Bonchev–Trinajstić information content (AvgIpc) is 3.32. The third-order valence-corrected chi connectivity index (χ3v) is 7.28. The minimum absolute atomic E-state index is 0.0126. The van der Waals surface area contributed by atoms with Crippen molar-refractivity contribution in [2.24, 2.45) is 0 Å². The van der Waals surface area contributed by atoms with Crippen LogP contribution in [0, 0.1) is 5.82 Å². The monoisotopic (exact) mass is 567 g/mol. The van der Waals surface area contributed by atoms with Crippen LogP contribution in [0.1, 0.15) is 34.8 Å². The number of likely N-dealkylation sites (tertiary alicyclic amines) is 1. The van der Waals surface area contributed by atoms with Crippen LogP contribution in [-0.4, -0.2) is 51.4 Å². The molecule has 2 heterocycles. The van der Waals surface area contributed by atoms with Gasteiger partial charge in [0.05, 0.1) is 10.7 Å². The maximum atomic E-state index is 13.8. The SMILES string of the molecule is O=C(O)COc1c(C(=O)N2CCC(c3ccc(F)cc3)CC2)nn(-c2ccccc2Cl)c1-c1ccc(Cl)cc1. The van der Waals surface area contributed by atoms with E-state index in [1.807, 2.05) is 0 Å². The number of carbonyl (C=O) groups is 2. The molecule has 1 N–H and O–H groups in total. The minimum atomic E-state index is -1.19. The number of hydrogen-bond acceptors (Lipinski definition) is 4. The van der Waals surface area contributed by atoms with Gasteiger partial charge in [-0.2, -0.15) is 5.10 Å². The van der Waals surface area contributed by atoms with E-state index in [2.05, 4.69) is 5.10 Å². The molecule has 7 nitrogen and oxygen atoms in total. The summed E-state index contributed by atoms with van der Waals surface area (Å²) in [5.74, 6) is -1.62. The van der Waals surface area contributed by atoms with Gasteiger partial charge in [-0.25, -0.2) is 13.9 Å². The first-order valence-electron chi connectivity index (χ1n) is 12.3. The number of ether oxygens (including phenoxy) is 1. The van der Waals surface area contributed by atoms with Crippen LogP contribution in [0.4, 0.5) is 4.39 Å². The van der Waals surface area contributed by atoms with Gasteiger partial charge in [0.2, 0.25) is 0 Å². The van der Waals surface area contributed by atoms with Gasteiger partial charge in [0, 0.05) is 23.7 Å². The topological polar surface area (TPSA) is 84.7 Å². The van der Waals surface area contributed by atoms with Gasteiger partial charge in [-0.1, -0.05) is 59.6 Å². The standard InChI is InChI=1S/C29H24Cl2FN3O4/c30-21-9-5-20(6-10-21)27-28(39-17-25(36)37)26(33-35(27)24-4-2-1-3-23(24)31)29(38)34-15-13-19(14-16-34)18-7-11-22(32)12-8-18/h1-12,19H,13-17H2,(H,36,37). The van der Waals surface area contributed by atoms with Crippen LogP contribution >= 0.6 is 23.2 Å². The highest BCUT2D eigenvalue weighted by molar-refractivity contribution is 6.32. The van der Waals surface area contributed by atoms with E-state index in [-0.39, 0.29) is 29.1 Å². The molecular weight excluding hydrogens is 544 g/mol. The zero-order valence-corrected chi connectivity index (χ0v) is 22.2. The third kappa shape index (κ3) is 5.77. The summed E-state index contributed by atoms with van der Waals surface area (Å²) < 4.78 is 20.6. The van der Waals surface area contributed by atoms with Gasteiger partial charge in [0.25, 0.3) is 5.91 Å². The number of carboxylic acid groups (broad SMARTS) is 1. The molecule has 200 valence electrons. The van der Waals surface area contributed by atoms with Crippen molar-refractivity contribution in [2.75, 3.05) is 19.7 Å². The second-order valence-electron chi connectivity index (χ2n) is 9.20. The van der Waals surface area contributed by atoms with Gasteiger partial charge in [-0.05, 0) is 60.7 Å². The number of halogens is 3. The second kappa shape index (κ2) is 11.5. The first-order chi connectivity index (χ1) is 18.8. The molecule has 10 heteroatoms. The molecule has 1 aliphatic heterocycles. The quantitative estimate of drug-likeness (QED) is 0.276. The molecule has 4 aromatic rings. The first kappa shape index (κ1) is 26.7. The summed E-state index contributed by atoms with van der Waals surface area (Å²) in [7, 11) is 0. The molecular formula is C29H24Cl2FN3O4. The van der Waals surface area contributed by atoms with Crippen LogP contribution in [0.2, 0.25) is 10.0 Å². The fraction of sp³-hybridized carbons (Fsp3) is 0.207. The van der Waals surface area contributed by atoms with Crippen molar-refractivity contribution in [1.82, 2.24) is 14.7 Å². The minimum Gasteiger partial charge on any atom is -0.479 e. The van der Waals surface area contributed by atoms with E-state index < -0.39 is 12.6 Å². The number of aliphatic carboxylic acids is 1. The van der Waals surface area contributed by atoms with Gasteiger partial charge >= 0.3 is 5.97 Å². The average molecular weight is 568 g/mol. The van der Waals surface area contributed by atoms with Crippen molar-refractivity contribution in [1.29, 1.82) is 0 Å². The molecule has 0 spiro atoms. The first-order valence-corrected chi connectivity index (χ1v) is 13.1. The number of rotatable bonds is 7. The summed E-state index contributed by atoms with van der Waals surface area (Å²) in [5, 5.41) is 14.9. The van der Waals surface area contributed by atoms with E-state index in [1.54, 1.807) is 65.6 Å². The van der Waals surface area contributed by atoms with Gasteiger partial charge in [-0.3, -0.25) is 4.79 Å². The summed E-state index contributed by atoms with van der Waals surface area (Å²) in [5.41, 5.74) is 2.51. The molecule has 0 aliphatic carbocycles. The smallest absolute Gasteiger partial charge is 0.341 e. The molecule has 0 unspecified atom stereocenters. The van der Waals surface area contributed by atoms with Crippen molar-refractivity contribution in [3.8, 4) is 22.7 Å². The van der Waals surface area contributed by atoms with E-state index in [0.29, 0.717) is 52.9 Å².